The Balaban J connectivity index is 4.24. The zero-order valence-corrected chi connectivity index (χ0v) is 14.9. The fourth-order valence-electron chi connectivity index (χ4n) is 2.12. The Kier molecular flexibility index (Phi) is 12.3. The number of guanidine groups is 1. The van der Waals surface area contributed by atoms with Crippen LogP contribution in [0, 0.1) is 5.92 Å². The molecule has 22 heavy (non-hydrogen) atoms. The van der Waals surface area contributed by atoms with E-state index in [1.54, 1.807) is 14.0 Å². The molecular weight excluding hydrogens is 280 g/mol. The molecule has 0 spiro atoms. The van der Waals surface area contributed by atoms with Crippen LogP contribution in [0.2, 0.25) is 0 Å². The topological polar surface area (TPSA) is 74.8 Å². The summed E-state index contributed by atoms with van der Waals surface area (Å²) in [6.07, 6.45) is 4.07. The molecule has 0 aliphatic carbocycles. The molecule has 0 heterocycles. The molecule has 0 saturated heterocycles. The summed E-state index contributed by atoms with van der Waals surface area (Å²) in [7, 11) is 1.76. The highest BCUT2D eigenvalue weighted by Gasteiger charge is 2.15. The van der Waals surface area contributed by atoms with Crippen molar-refractivity contribution < 1.29 is 9.53 Å². The van der Waals surface area contributed by atoms with Crippen LogP contribution in [0.5, 0.6) is 0 Å². The van der Waals surface area contributed by atoms with E-state index in [9.17, 15) is 4.79 Å². The fourth-order valence-corrected chi connectivity index (χ4v) is 2.12. The van der Waals surface area contributed by atoms with E-state index in [1.807, 2.05) is 0 Å². The number of nitrogens with zero attached hydrogens (tertiary/aromatic N) is 1. The van der Waals surface area contributed by atoms with Gasteiger partial charge in [0.15, 0.2) is 5.96 Å². The summed E-state index contributed by atoms with van der Waals surface area (Å²) >= 11 is 0. The Labute approximate surface area is 135 Å². The third-order valence-electron chi connectivity index (χ3n) is 3.17. The van der Waals surface area contributed by atoms with Gasteiger partial charge in [0.2, 0.25) is 0 Å². The number of hydrogen-bond acceptors (Lipinski definition) is 3. The minimum Gasteiger partial charge on any atom is -0.450 e. The summed E-state index contributed by atoms with van der Waals surface area (Å²) in [6.45, 7) is 10.2. The van der Waals surface area contributed by atoms with Gasteiger partial charge < -0.3 is 20.7 Å². The maximum absolute atomic E-state index is 11.6. The quantitative estimate of drug-likeness (QED) is 0.329. The van der Waals surface area contributed by atoms with Gasteiger partial charge in [-0.1, -0.05) is 33.6 Å². The number of alkyl carbamates (subject to hydrolysis) is 1. The van der Waals surface area contributed by atoms with E-state index in [4.69, 9.17) is 4.74 Å². The summed E-state index contributed by atoms with van der Waals surface area (Å²) in [6, 6.07) is 0.0215. The first-order valence-electron chi connectivity index (χ1n) is 8.41. The molecule has 1 amide bonds. The molecule has 0 aliphatic heterocycles. The number of nitrogens with one attached hydrogen (secondary N) is 3. The molecule has 1 unspecified atom stereocenters. The number of carbonyl (C=O) groups excluding carboxylic acids is 1. The zero-order chi connectivity index (χ0) is 16.8. The second kappa shape index (κ2) is 13.2. The number of rotatable bonds is 10. The number of amides is 1. The van der Waals surface area contributed by atoms with Crippen LogP contribution in [-0.4, -0.2) is 44.8 Å². The predicted molar refractivity (Wildman–Crippen MR) is 92.3 cm³/mol. The summed E-state index contributed by atoms with van der Waals surface area (Å²) < 4.78 is 4.96. The van der Waals surface area contributed by atoms with Crippen molar-refractivity contribution >= 4 is 12.1 Å². The normalized spacial score (nSPS) is 12.9. The Morgan fingerprint density at radius 1 is 1.18 bits per heavy atom. The van der Waals surface area contributed by atoms with Crippen LogP contribution in [0.15, 0.2) is 4.99 Å². The van der Waals surface area contributed by atoms with Crippen molar-refractivity contribution in [2.45, 2.75) is 59.4 Å². The lowest BCUT2D eigenvalue weighted by molar-refractivity contribution is 0.146. The highest BCUT2D eigenvalue weighted by Crippen LogP contribution is 2.04. The van der Waals surface area contributed by atoms with Crippen LogP contribution in [0.1, 0.15) is 53.4 Å². The second-order valence-electron chi connectivity index (χ2n) is 5.78. The summed E-state index contributed by atoms with van der Waals surface area (Å²) in [5.74, 6) is 1.27. The van der Waals surface area contributed by atoms with E-state index in [-0.39, 0.29) is 12.1 Å². The molecular formula is C16H34N4O2. The SMILES string of the molecule is CCCCCNC(=NC)NCC(CC(C)C)NC(=O)OCC. The predicted octanol–water partition coefficient (Wildman–Crippen LogP) is 2.50. The Hall–Kier alpha value is -1.46. The first-order valence-corrected chi connectivity index (χ1v) is 8.41. The average molecular weight is 314 g/mol. The van der Waals surface area contributed by atoms with Crippen molar-refractivity contribution in [3.8, 4) is 0 Å². The lowest BCUT2D eigenvalue weighted by atomic mass is 10.0. The third kappa shape index (κ3) is 11.2. The molecule has 0 bridgehead atoms. The Morgan fingerprint density at radius 3 is 2.45 bits per heavy atom. The lowest BCUT2D eigenvalue weighted by Crippen LogP contribution is -2.47. The summed E-state index contributed by atoms with van der Waals surface area (Å²) in [4.78, 5) is 15.8. The highest BCUT2D eigenvalue weighted by atomic mass is 16.5. The molecule has 0 radical (unpaired) electrons. The third-order valence-corrected chi connectivity index (χ3v) is 3.17. The molecule has 0 aromatic carbocycles. The molecule has 6 nitrogen and oxygen atoms in total. The number of hydrogen-bond donors (Lipinski definition) is 3. The van der Waals surface area contributed by atoms with E-state index in [0.717, 1.165) is 25.3 Å². The second-order valence-corrected chi connectivity index (χ2v) is 5.78. The van der Waals surface area contributed by atoms with E-state index in [2.05, 4.69) is 41.7 Å². The van der Waals surface area contributed by atoms with Gasteiger partial charge in [-0.15, -0.1) is 0 Å². The van der Waals surface area contributed by atoms with Crippen LogP contribution in [0.25, 0.3) is 0 Å². The van der Waals surface area contributed by atoms with E-state index >= 15 is 0 Å². The van der Waals surface area contributed by atoms with Gasteiger partial charge in [0.05, 0.1) is 6.61 Å². The number of unbranched alkanes of at least 4 members (excludes halogenated alkanes) is 2. The van der Waals surface area contributed by atoms with Crippen LogP contribution >= 0.6 is 0 Å². The molecule has 6 heteroatoms. The van der Waals surface area contributed by atoms with Gasteiger partial charge in [-0.3, -0.25) is 4.99 Å². The largest absolute Gasteiger partial charge is 0.450 e. The number of carbonyl (C=O) groups is 1. The summed E-state index contributed by atoms with van der Waals surface area (Å²) in [5.41, 5.74) is 0. The monoisotopic (exact) mass is 314 g/mol. The average Bonchev–Trinajstić information content (AvgIpc) is 2.46. The van der Waals surface area contributed by atoms with Crippen LogP contribution in [0.3, 0.4) is 0 Å². The van der Waals surface area contributed by atoms with E-state index in [1.165, 1.54) is 12.8 Å². The van der Waals surface area contributed by atoms with Gasteiger partial charge in [-0.05, 0) is 25.7 Å². The zero-order valence-electron chi connectivity index (χ0n) is 14.9. The van der Waals surface area contributed by atoms with Crippen LogP contribution in [0.4, 0.5) is 4.79 Å². The molecule has 0 fully saturated rings. The van der Waals surface area contributed by atoms with Gasteiger partial charge in [0.25, 0.3) is 0 Å². The molecule has 0 rings (SSSR count). The van der Waals surface area contributed by atoms with Gasteiger partial charge in [0, 0.05) is 26.2 Å². The smallest absolute Gasteiger partial charge is 0.407 e. The number of ether oxygens (including phenoxy) is 1. The van der Waals surface area contributed by atoms with Crippen molar-refractivity contribution in [2.75, 3.05) is 26.7 Å². The fraction of sp³-hybridized carbons (Fsp3) is 0.875. The van der Waals surface area contributed by atoms with Gasteiger partial charge in [-0.25, -0.2) is 4.79 Å². The Morgan fingerprint density at radius 2 is 1.91 bits per heavy atom. The lowest BCUT2D eigenvalue weighted by Gasteiger charge is -2.22. The van der Waals surface area contributed by atoms with Crippen molar-refractivity contribution in [3.05, 3.63) is 0 Å². The highest BCUT2D eigenvalue weighted by molar-refractivity contribution is 5.79. The first-order chi connectivity index (χ1) is 10.5. The van der Waals surface area contributed by atoms with Crippen LogP contribution < -0.4 is 16.0 Å². The molecule has 0 saturated carbocycles. The minimum absolute atomic E-state index is 0.0215. The van der Waals surface area contributed by atoms with Crippen LogP contribution in [-0.2, 0) is 4.74 Å². The maximum Gasteiger partial charge on any atom is 0.407 e. The molecule has 1 atom stereocenters. The molecule has 130 valence electrons. The number of aliphatic imine (C=N–C) groups is 1. The molecule has 0 aliphatic rings. The van der Waals surface area contributed by atoms with Crippen molar-refractivity contribution in [1.29, 1.82) is 0 Å². The molecule has 3 N–H and O–H groups in total. The van der Waals surface area contributed by atoms with Gasteiger partial charge in [0.1, 0.15) is 0 Å². The van der Waals surface area contributed by atoms with E-state index < -0.39 is 0 Å². The maximum atomic E-state index is 11.6. The van der Waals surface area contributed by atoms with Crippen molar-refractivity contribution in [1.82, 2.24) is 16.0 Å². The van der Waals surface area contributed by atoms with Crippen molar-refractivity contribution in [2.24, 2.45) is 10.9 Å². The minimum atomic E-state index is -0.360. The standard InChI is InChI=1S/C16H34N4O2/c1-6-8-9-10-18-15(17-5)19-12-14(11-13(3)4)20-16(21)22-7-2/h13-14H,6-12H2,1-5H3,(H,20,21)(H2,17,18,19). The van der Waals surface area contributed by atoms with E-state index in [0.29, 0.717) is 19.1 Å². The van der Waals surface area contributed by atoms with Gasteiger partial charge in [-0.2, -0.15) is 0 Å². The van der Waals surface area contributed by atoms with Gasteiger partial charge >= 0.3 is 6.09 Å². The first kappa shape index (κ1) is 20.5. The summed E-state index contributed by atoms with van der Waals surface area (Å²) in [5, 5.41) is 9.45. The molecule has 0 aromatic heterocycles. The molecule has 0 aromatic rings. The van der Waals surface area contributed by atoms with Crippen molar-refractivity contribution in [3.63, 3.8) is 0 Å². The Bertz CT molecular complexity index is 319.